The Kier molecular flexibility index (Phi) is 2.21. The Bertz CT molecular complexity index is 274. The Morgan fingerprint density at radius 3 is 3.33 bits per heavy atom. The molecule has 2 heterocycles. The molecule has 0 aliphatic carbocycles. The van der Waals surface area contributed by atoms with Crippen LogP contribution in [0.5, 0.6) is 5.75 Å². The monoisotopic (exact) mass is 181 g/mol. The first kappa shape index (κ1) is 7.92. The smallest absolute Gasteiger partial charge is 0.126 e. The third-order valence-electron chi connectivity index (χ3n) is 2.00. The fraction of sp³-hybridized carbons (Fsp3) is 0.444. The number of aromatic nitrogens is 1. The molecule has 1 aromatic rings. The molecule has 0 N–H and O–H groups in total. The van der Waals surface area contributed by atoms with Gasteiger partial charge in [0, 0.05) is 11.8 Å². The zero-order valence-corrected chi connectivity index (χ0v) is 7.86. The second kappa shape index (κ2) is 3.35. The highest BCUT2D eigenvalue weighted by atomic mass is 32.2. The molecule has 0 amide bonds. The van der Waals surface area contributed by atoms with Gasteiger partial charge >= 0.3 is 0 Å². The highest BCUT2D eigenvalue weighted by molar-refractivity contribution is 7.98. The summed E-state index contributed by atoms with van der Waals surface area (Å²) in [6.07, 6.45) is 6.10. The van der Waals surface area contributed by atoms with Crippen molar-refractivity contribution < 1.29 is 4.74 Å². The van der Waals surface area contributed by atoms with E-state index in [0.717, 1.165) is 30.2 Å². The average molecular weight is 181 g/mol. The summed E-state index contributed by atoms with van der Waals surface area (Å²) in [6, 6.07) is 1.95. The molecule has 2 rings (SSSR count). The van der Waals surface area contributed by atoms with Gasteiger partial charge in [-0.2, -0.15) is 0 Å². The van der Waals surface area contributed by atoms with E-state index in [1.807, 2.05) is 12.3 Å². The first-order chi connectivity index (χ1) is 5.92. The number of hydrogen-bond donors (Lipinski definition) is 0. The summed E-state index contributed by atoms with van der Waals surface area (Å²) in [6.45, 7) is 0.852. The molecule has 64 valence electrons. The largest absolute Gasteiger partial charge is 0.493 e. The van der Waals surface area contributed by atoms with E-state index in [2.05, 4.69) is 11.2 Å². The second-order valence-electron chi connectivity index (χ2n) is 2.75. The average Bonchev–Trinajstić information content (AvgIpc) is 2.17. The number of thioether (sulfide) groups is 1. The SMILES string of the molecule is CSc1nccc2c1CCCO2. The van der Waals surface area contributed by atoms with Crippen molar-refractivity contribution >= 4 is 11.8 Å². The molecule has 1 aromatic heterocycles. The second-order valence-corrected chi connectivity index (χ2v) is 3.54. The minimum atomic E-state index is 0.852. The Morgan fingerprint density at radius 1 is 1.58 bits per heavy atom. The molecule has 0 saturated heterocycles. The summed E-state index contributed by atoms with van der Waals surface area (Å²) >= 11 is 1.69. The van der Waals surface area contributed by atoms with Crippen LogP contribution in [0.15, 0.2) is 17.3 Å². The quantitative estimate of drug-likeness (QED) is 0.620. The molecule has 0 atom stereocenters. The number of rotatable bonds is 1. The number of pyridine rings is 1. The van der Waals surface area contributed by atoms with Crippen molar-refractivity contribution in [3.05, 3.63) is 17.8 Å². The van der Waals surface area contributed by atoms with Crippen molar-refractivity contribution in [2.45, 2.75) is 17.9 Å². The van der Waals surface area contributed by atoms with Gasteiger partial charge in [-0.05, 0) is 25.2 Å². The molecule has 0 saturated carbocycles. The summed E-state index contributed by atoms with van der Waals surface area (Å²) in [5.41, 5.74) is 1.29. The van der Waals surface area contributed by atoms with Crippen LogP contribution in [0, 0.1) is 0 Å². The van der Waals surface area contributed by atoms with Gasteiger partial charge in [-0.25, -0.2) is 4.98 Å². The van der Waals surface area contributed by atoms with E-state index in [0.29, 0.717) is 0 Å². The highest BCUT2D eigenvalue weighted by Gasteiger charge is 2.13. The summed E-state index contributed by atoms with van der Waals surface area (Å²) in [4.78, 5) is 4.29. The van der Waals surface area contributed by atoms with Crippen LogP contribution in [-0.2, 0) is 6.42 Å². The Morgan fingerprint density at radius 2 is 2.50 bits per heavy atom. The lowest BCUT2D eigenvalue weighted by Gasteiger charge is -2.18. The molecular weight excluding hydrogens is 170 g/mol. The maximum absolute atomic E-state index is 5.51. The van der Waals surface area contributed by atoms with Gasteiger partial charge in [-0.15, -0.1) is 11.8 Å². The predicted molar refractivity (Wildman–Crippen MR) is 49.8 cm³/mol. The van der Waals surface area contributed by atoms with Gasteiger partial charge in [0.1, 0.15) is 10.8 Å². The molecule has 2 nitrogen and oxygen atoms in total. The van der Waals surface area contributed by atoms with Crippen LogP contribution < -0.4 is 4.74 Å². The molecule has 0 bridgehead atoms. The van der Waals surface area contributed by atoms with E-state index < -0.39 is 0 Å². The van der Waals surface area contributed by atoms with Crippen molar-refractivity contribution in [1.29, 1.82) is 0 Å². The van der Waals surface area contributed by atoms with E-state index in [1.54, 1.807) is 11.8 Å². The van der Waals surface area contributed by atoms with Gasteiger partial charge in [-0.1, -0.05) is 0 Å². The molecule has 12 heavy (non-hydrogen) atoms. The van der Waals surface area contributed by atoms with Gasteiger partial charge in [0.2, 0.25) is 0 Å². The fourth-order valence-electron chi connectivity index (χ4n) is 1.43. The van der Waals surface area contributed by atoms with Crippen LogP contribution in [0.3, 0.4) is 0 Å². The van der Waals surface area contributed by atoms with Crippen LogP contribution in [0.4, 0.5) is 0 Å². The number of ether oxygens (including phenoxy) is 1. The van der Waals surface area contributed by atoms with Crippen LogP contribution in [0.2, 0.25) is 0 Å². The highest BCUT2D eigenvalue weighted by Crippen LogP contribution is 2.30. The number of hydrogen-bond acceptors (Lipinski definition) is 3. The maximum Gasteiger partial charge on any atom is 0.126 e. The summed E-state index contributed by atoms with van der Waals surface area (Å²) in [5, 5.41) is 1.12. The molecule has 0 radical (unpaired) electrons. The molecule has 0 fully saturated rings. The first-order valence-electron chi connectivity index (χ1n) is 4.06. The zero-order valence-electron chi connectivity index (χ0n) is 7.04. The molecule has 0 aromatic carbocycles. The van der Waals surface area contributed by atoms with Gasteiger partial charge in [0.05, 0.1) is 6.61 Å². The van der Waals surface area contributed by atoms with Crippen molar-refractivity contribution in [3.8, 4) is 5.75 Å². The first-order valence-corrected chi connectivity index (χ1v) is 5.29. The standard InChI is InChI=1S/C9H11NOS/c1-12-9-7-3-2-6-11-8(7)4-5-10-9/h4-5H,2-3,6H2,1H3. The van der Waals surface area contributed by atoms with E-state index in [9.17, 15) is 0 Å². The van der Waals surface area contributed by atoms with Crippen LogP contribution >= 0.6 is 11.8 Å². The Balaban J connectivity index is 2.44. The number of fused-ring (bicyclic) bond motifs is 1. The van der Waals surface area contributed by atoms with E-state index in [1.165, 1.54) is 5.56 Å². The van der Waals surface area contributed by atoms with E-state index >= 15 is 0 Å². The molecule has 0 spiro atoms. The summed E-state index contributed by atoms with van der Waals surface area (Å²) in [5.74, 6) is 1.03. The summed E-state index contributed by atoms with van der Waals surface area (Å²) < 4.78 is 5.51. The minimum Gasteiger partial charge on any atom is -0.493 e. The minimum absolute atomic E-state index is 0.852. The van der Waals surface area contributed by atoms with Crippen LogP contribution in [-0.4, -0.2) is 17.8 Å². The Labute approximate surface area is 76.3 Å². The maximum atomic E-state index is 5.51. The van der Waals surface area contributed by atoms with Crippen molar-refractivity contribution in [1.82, 2.24) is 4.98 Å². The third kappa shape index (κ3) is 1.29. The molecule has 1 aliphatic heterocycles. The zero-order chi connectivity index (χ0) is 8.39. The molecule has 3 heteroatoms. The lowest BCUT2D eigenvalue weighted by Crippen LogP contribution is -2.09. The summed E-state index contributed by atoms with van der Waals surface area (Å²) in [7, 11) is 0. The van der Waals surface area contributed by atoms with Crippen molar-refractivity contribution in [2.24, 2.45) is 0 Å². The van der Waals surface area contributed by atoms with Gasteiger partial charge in [0.15, 0.2) is 0 Å². The van der Waals surface area contributed by atoms with Gasteiger partial charge in [-0.3, -0.25) is 0 Å². The van der Waals surface area contributed by atoms with Crippen molar-refractivity contribution in [2.75, 3.05) is 12.9 Å². The lowest BCUT2D eigenvalue weighted by molar-refractivity contribution is 0.285. The van der Waals surface area contributed by atoms with E-state index in [4.69, 9.17) is 4.74 Å². The van der Waals surface area contributed by atoms with Gasteiger partial charge < -0.3 is 4.74 Å². The predicted octanol–water partition coefficient (Wildman–Crippen LogP) is 2.13. The Hall–Kier alpha value is -0.700. The molecular formula is C9H11NOS. The fourth-order valence-corrected chi connectivity index (χ4v) is 2.04. The van der Waals surface area contributed by atoms with Crippen molar-refractivity contribution in [3.63, 3.8) is 0 Å². The third-order valence-corrected chi connectivity index (χ3v) is 2.73. The topological polar surface area (TPSA) is 22.1 Å². The lowest BCUT2D eigenvalue weighted by atomic mass is 10.1. The molecule has 0 unspecified atom stereocenters. The normalized spacial score (nSPS) is 15.1. The van der Waals surface area contributed by atoms with Crippen LogP contribution in [0.1, 0.15) is 12.0 Å². The molecule has 1 aliphatic rings. The van der Waals surface area contributed by atoms with E-state index in [-0.39, 0.29) is 0 Å². The van der Waals surface area contributed by atoms with Gasteiger partial charge in [0.25, 0.3) is 0 Å². The van der Waals surface area contributed by atoms with Crippen LogP contribution in [0.25, 0.3) is 0 Å². The number of nitrogens with zero attached hydrogens (tertiary/aromatic N) is 1.